The molecule has 19 heavy (non-hydrogen) atoms. The normalized spacial score (nSPS) is 19.9. The summed E-state index contributed by atoms with van der Waals surface area (Å²) in [5, 5.41) is 12.3. The third-order valence-corrected chi connectivity index (χ3v) is 3.21. The van der Waals surface area contributed by atoms with Crippen LogP contribution in [0.1, 0.15) is 17.3 Å². The Balaban J connectivity index is 1.79. The van der Waals surface area contributed by atoms with E-state index in [1.807, 2.05) is 0 Å². The smallest absolute Gasteiger partial charge is 0.262 e. The van der Waals surface area contributed by atoms with Crippen molar-refractivity contribution in [3.8, 4) is 5.75 Å². The molecule has 0 aliphatic carbocycles. The molecule has 0 spiro atoms. The lowest BCUT2D eigenvalue weighted by atomic mass is 9.96. The molecule has 1 fully saturated rings. The molecule has 1 aromatic rings. The quantitative estimate of drug-likeness (QED) is 0.759. The molecule has 6 heteroatoms. The number of amides is 2. The summed E-state index contributed by atoms with van der Waals surface area (Å²) < 4.78 is 5.27. The second kappa shape index (κ2) is 3.96. The van der Waals surface area contributed by atoms with E-state index >= 15 is 0 Å². The highest BCUT2D eigenvalue weighted by Gasteiger charge is 2.39. The van der Waals surface area contributed by atoms with E-state index in [4.69, 9.17) is 4.74 Å². The highest BCUT2D eigenvalue weighted by atomic mass is 16.5. The molecule has 2 N–H and O–H groups in total. The van der Waals surface area contributed by atoms with Crippen LogP contribution in [0.3, 0.4) is 0 Å². The van der Waals surface area contributed by atoms with Gasteiger partial charge in [-0.15, -0.1) is 0 Å². The van der Waals surface area contributed by atoms with Gasteiger partial charge < -0.3 is 20.1 Å². The third-order valence-electron chi connectivity index (χ3n) is 3.21. The Morgan fingerprint density at radius 2 is 2.21 bits per heavy atom. The summed E-state index contributed by atoms with van der Waals surface area (Å²) in [7, 11) is 0. The van der Waals surface area contributed by atoms with E-state index in [-0.39, 0.29) is 18.4 Å². The topological polar surface area (TPSA) is 78.9 Å². The first kappa shape index (κ1) is 12.0. The number of hydrogen-bond donors (Lipinski definition) is 2. The summed E-state index contributed by atoms with van der Waals surface area (Å²) in [6.45, 7) is 2.33. The summed E-state index contributed by atoms with van der Waals surface area (Å²) >= 11 is 0. The number of rotatable bonds is 1. The Morgan fingerprint density at radius 1 is 1.47 bits per heavy atom. The number of ether oxygens (including phenoxy) is 1. The van der Waals surface area contributed by atoms with Gasteiger partial charge in [0.2, 0.25) is 0 Å². The molecule has 1 saturated heterocycles. The Kier molecular flexibility index (Phi) is 2.50. The Bertz CT molecular complexity index is 560. The van der Waals surface area contributed by atoms with Crippen molar-refractivity contribution in [3.05, 3.63) is 23.8 Å². The number of nitrogens with one attached hydrogen (secondary N) is 1. The summed E-state index contributed by atoms with van der Waals surface area (Å²) in [6, 6.07) is 4.91. The van der Waals surface area contributed by atoms with Crippen LogP contribution in [-0.2, 0) is 4.79 Å². The van der Waals surface area contributed by atoms with Crippen LogP contribution in [0.5, 0.6) is 5.75 Å². The van der Waals surface area contributed by atoms with Gasteiger partial charge in [-0.3, -0.25) is 9.59 Å². The van der Waals surface area contributed by atoms with Crippen molar-refractivity contribution < 1.29 is 19.4 Å². The zero-order chi connectivity index (χ0) is 13.6. The average molecular weight is 262 g/mol. The molecule has 1 aromatic carbocycles. The number of likely N-dealkylation sites (tertiary alicyclic amines) is 1. The molecule has 3 rings (SSSR count). The molecular weight excluding hydrogens is 248 g/mol. The van der Waals surface area contributed by atoms with E-state index in [1.165, 1.54) is 0 Å². The van der Waals surface area contributed by atoms with Crippen molar-refractivity contribution in [1.82, 2.24) is 4.90 Å². The second-order valence-electron chi connectivity index (χ2n) is 5.21. The average Bonchev–Trinajstić information content (AvgIpc) is 2.34. The van der Waals surface area contributed by atoms with Crippen LogP contribution in [-0.4, -0.2) is 47.1 Å². The maximum Gasteiger partial charge on any atom is 0.262 e. The Labute approximate surface area is 110 Å². The first-order chi connectivity index (χ1) is 8.94. The number of nitrogens with zero attached hydrogens (tertiary/aromatic N) is 1. The predicted octanol–water partition coefficient (Wildman–Crippen LogP) is 0.224. The Hall–Kier alpha value is -2.08. The molecule has 0 atom stereocenters. The van der Waals surface area contributed by atoms with Gasteiger partial charge in [0.1, 0.15) is 5.75 Å². The lowest BCUT2D eigenvalue weighted by Crippen LogP contribution is -2.61. The molecule has 0 unspecified atom stereocenters. The van der Waals surface area contributed by atoms with Crippen LogP contribution in [0.2, 0.25) is 0 Å². The van der Waals surface area contributed by atoms with Crippen molar-refractivity contribution in [3.63, 3.8) is 0 Å². The van der Waals surface area contributed by atoms with Gasteiger partial charge in [0, 0.05) is 5.56 Å². The highest BCUT2D eigenvalue weighted by Crippen LogP contribution is 2.30. The molecule has 6 nitrogen and oxygen atoms in total. The fraction of sp³-hybridized carbons (Fsp3) is 0.385. The lowest BCUT2D eigenvalue weighted by Gasteiger charge is -2.44. The van der Waals surface area contributed by atoms with Gasteiger partial charge in [-0.2, -0.15) is 0 Å². The van der Waals surface area contributed by atoms with E-state index in [9.17, 15) is 14.7 Å². The van der Waals surface area contributed by atoms with Crippen LogP contribution in [0.15, 0.2) is 18.2 Å². The van der Waals surface area contributed by atoms with E-state index in [1.54, 1.807) is 30.0 Å². The SMILES string of the molecule is CC1(O)CN(C(=O)c2ccc3c(c2)OCC(=O)N3)C1. The second-order valence-corrected chi connectivity index (χ2v) is 5.21. The zero-order valence-corrected chi connectivity index (χ0v) is 10.5. The molecule has 100 valence electrons. The molecule has 0 radical (unpaired) electrons. The van der Waals surface area contributed by atoms with Crippen molar-refractivity contribution in [1.29, 1.82) is 0 Å². The van der Waals surface area contributed by atoms with Crippen LogP contribution in [0.4, 0.5) is 5.69 Å². The number of carbonyl (C=O) groups excluding carboxylic acids is 2. The van der Waals surface area contributed by atoms with Gasteiger partial charge in [-0.1, -0.05) is 0 Å². The first-order valence-corrected chi connectivity index (χ1v) is 6.03. The molecule has 2 aliphatic rings. The number of aliphatic hydroxyl groups is 1. The van der Waals surface area contributed by atoms with Crippen molar-refractivity contribution >= 4 is 17.5 Å². The first-order valence-electron chi connectivity index (χ1n) is 6.03. The van der Waals surface area contributed by atoms with Gasteiger partial charge in [0.15, 0.2) is 6.61 Å². The van der Waals surface area contributed by atoms with E-state index in [0.29, 0.717) is 30.1 Å². The summed E-state index contributed by atoms with van der Waals surface area (Å²) in [6.07, 6.45) is 0. The lowest BCUT2D eigenvalue weighted by molar-refractivity contribution is -0.118. The number of β-amino-alcohol motifs (C(OH)–C–C–N with tert-alkyl or cyclic N) is 1. The molecule has 2 amide bonds. The molecular formula is C13H14N2O4. The number of anilines is 1. The highest BCUT2D eigenvalue weighted by molar-refractivity contribution is 5.99. The van der Waals surface area contributed by atoms with Crippen molar-refractivity contribution in [2.75, 3.05) is 25.0 Å². The number of hydrogen-bond acceptors (Lipinski definition) is 4. The van der Waals surface area contributed by atoms with Crippen LogP contribution >= 0.6 is 0 Å². The maximum atomic E-state index is 12.1. The maximum absolute atomic E-state index is 12.1. The fourth-order valence-corrected chi connectivity index (χ4v) is 2.31. The van der Waals surface area contributed by atoms with E-state index in [0.717, 1.165) is 0 Å². The summed E-state index contributed by atoms with van der Waals surface area (Å²) in [5.41, 5.74) is 0.280. The fourth-order valence-electron chi connectivity index (χ4n) is 2.31. The van der Waals surface area contributed by atoms with E-state index in [2.05, 4.69) is 5.32 Å². The van der Waals surface area contributed by atoms with Crippen molar-refractivity contribution in [2.45, 2.75) is 12.5 Å². The summed E-state index contributed by atoms with van der Waals surface area (Å²) in [4.78, 5) is 24.9. The predicted molar refractivity (Wildman–Crippen MR) is 67.1 cm³/mol. The molecule has 0 bridgehead atoms. The van der Waals surface area contributed by atoms with Gasteiger partial charge in [-0.25, -0.2) is 0 Å². The largest absolute Gasteiger partial charge is 0.482 e. The minimum Gasteiger partial charge on any atom is -0.482 e. The van der Waals surface area contributed by atoms with Gasteiger partial charge in [0.05, 0.1) is 24.4 Å². The number of benzene rings is 1. The summed E-state index contributed by atoms with van der Waals surface area (Å²) in [5.74, 6) is 0.151. The van der Waals surface area contributed by atoms with Crippen molar-refractivity contribution in [2.24, 2.45) is 0 Å². The van der Waals surface area contributed by atoms with Gasteiger partial charge in [0.25, 0.3) is 11.8 Å². The minimum atomic E-state index is -0.783. The number of carbonyl (C=O) groups is 2. The zero-order valence-electron chi connectivity index (χ0n) is 10.5. The molecule has 2 aliphatic heterocycles. The van der Waals surface area contributed by atoms with E-state index < -0.39 is 5.60 Å². The molecule has 2 heterocycles. The minimum absolute atomic E-state index is 0.0386. The van der Waals surface area contributed by atoms with Gasteiger partial charge >= 0.3 is 0 Å². The standard InChI is InChI=1S/C13H14N2O4/c1-13(18)6-15(7-13)12(17)8-2-3-9-10(4-8)19-5-11(16)14-9/h2-4,18H,5-7H2,1H3,(H,14,16). The van der Waals surface area contributed by atoms with Gasteiger partial charge in [-0.05, 0) is 25.1 Å². The number of fused-ring (bicyclic) bond motifs is 1. The van der Waals surface area contributed by atoms with Crippen LogP contribution < -0.4 is 10.1 Å². The third kappa shape index (κ3) is 2.15. The Morgan fingerprint density at radius 3 is 2.89 bits per heavy atom. The van der Waals surface area contributed by atoms with Crippen LogP contribution in [0, 0.1) is 0 Å². The van der Waals surface area contributed by atoms with Crippen LogP contribution in [0.25, 0.3) is 0 Å². The molecule has 0 saturated carbocycles. The monoisotopic (exact) mass is 262 g/mol. The molecule has 0 aromatic heterocycles.